The molecule has 3 N–H and O–H groups in total. The van der Waals surface area contributed by atoms with Crippen molar-refractivity contribution in [3.8, 4) is 0 Å². The smallest absolute Gasteiger partial charge is 0.333 e. The van der Waals surface area contributed by atoms with Crippen molar-refractivity contribution in [2.45, 2.75) is 44.7 Å². The van der Waals surface area contributed by atoms with Gasteiger partial charge in [-0.1, -0.05) is 11.6 Å². The van der Waals surface area contributed by atoms with E-state index in [2.05, 4.69) is 5.32 Å². The molecule has 1 fully saturated rings. The minimum atomic E-state index is -0.920. The first-order valence-electron chi connectivity index (χ1n) is 9.73. The lowest BCUT2D eigenvalue weighted by atomic mass is 10.2. The van der Waals surface area contributed by atoms with Gasteiger partial charge in [-0.2, -0.15) is 0 Å². The molecule has 3 atom stereocenters. The van der Waals surface area contributed by atoms with Gasteiger partial charge in [0, 0.05) is 31.3 Å². The van der Waals surface area contributed by atoms with Gasteiger partial charge in [-0.05, 0) is 31.5 Å². The maximum Gasteiger partial charge on any atom is 0.333 e. The second-order valence-electron chi connectivity index (χ2n) is 7.31. The van der Waals surface area contributed by atoms with E-state index in [4.69, 9.17) is 16.3 Å². The number of aromatic nitrogens is 2. The molecule has 0 aliphatic carbocycles. The Bertz CT molecular complexity index is 1090. The number of aryl methyl sites for hydroxylation is 1. The molecule has 9 nitrogen and oxygen atoms in total. The van der Waals surface area contributed by atoms with Crippen molar-refractivity contribution in [2.75, 3.05) is 13.2 Å². The third kappa shape index (κ3) is 5.04. The predicted octanol–water partition coefficient (Wildman–Crippen LogP) is 0.572. The summed E-state index contributed by atoms with van der Waals surface area (Å²) in [4.78, 5) is 37.4. The van der Waals surface area contributed by atoms with Crippen molar-refractivity contribution in [3.63, 3.8) is 0 Å². The first kappa shape index (κ1) is 23.1. The molecule has 0 radical (unpaired) electrons. The Balaban J connectivity index is 1.68. The number of halogens is 2. The monoisotopic (exact) mass is 454 g/mol. The van der Waals surface area contributed by atoms with Crippen LogP contribution in [0.4, 0.5) is 4.39 Å². The van der Waals surface area contributed by atoms with Gasteiger partial charge in [-0.25, -0.2) is 9.18 Å². The van der Waals surface area contributed by atoms with Gasteiger partial charge in [0.1, 0.15) is 18.1 Å². The average molecular weight is 455 g/mol. The average Bonchev–Trinajstić information content (AvgIpc) is 3.10. The van der Waals surface area contributed by atoms with Crippen LogP contribution in [0, 0.1) is 12.7 Å². The van der Waals surface area contributed by atoms with Crippen molar-refractivity contribution >= 4 is 17.5 Å². The summed E-state index contributed by atoms with van der Waals surface area (Å²) in [5, 5.41) is 21.8. The highest BCUT2D eigenvalue weighted by Gasteiger charge is 2.35. The highest BCUT2D eigenvalue weighted by atomic mass is 35.5. The molecular weight excluding hydrogens is 432 g/mol. The number of nitrogens with zero attached hydrogens (tertiary/aromatic N) is 2. The lowest BCUT2D eigenvalue weighted by Crippen LogP contribution is -2.42. The molecule has 1 aliphatic heterocycles. The Morgan fingerprint density at radius 3 is 2.77 bits per heavy atom. The van der Waals surface area contributed by atoms with E-state index in [9.17, 15) is 29.0 Å². The number of ether oxygens (including phenoxy) is 1. The van der Waals surface area contributed by atoms with Crippen molar-refractivity contribution in [2.24, 2.45) is 0 Å². The highest BCUT2D eigenvalue weighted by molar-refractivity contribution is 6.33. The minimum Gasteiger partial charge on any atom is -0.394 e. The number of nitrogens with one attached hydrogen (secondary N) is 1. The van der Waals surface area contributed by atoms with Gasteiger partial charge in [-0.3, -0.25) is 18.7 Å². The molecule has 1 saturated heterocycles. The van der Waals surface area contributed by atoms with Gasteiger partial charge in [-0.15, -0.1) is 0 Å². The van der Waals surface area contributed by atoms with Crippen molar-refractivity contribution in [1.82, 2.24) is 14.5 Å². The summed E-state index contributed by atoms with van der Waals surface area (Å²) in [7, 11) is 0. The largest absolute Gasteiger partial charge is 0.394 e. The van der Waals surface area contributed by atoms with Crippen LogP contribution in [-0.4, -0.2) is 50.6 Å². The van der Waals surface area contributed by atoms with Crippen LogP contribution in [0.3, 0.4) is 0 Å². The Morgan fingerprint density at radius 1 is 1.39 bits per heavy atom. The van der Waals surface area contributed by atoms with Gasteiger partial charge in [0.2, 0.25) is 0 Å². The van der Waals surface area contributed by atoms with E-state index in [-0.39, 0.29) is 43.1 Å². The zero-order valence-corrected chi connectivity index (χ0v) is 17.5. The molecule has 1 amide bonds. The van der Waals surface area contributed by atoms with Crippen molar-refractivity contribution in [1.29, 1.82) is 0 Å². The fourth-order valence-electron chi connectivity index (χ4n) is 3.42. The van der Waals surface area contributed by atoms with Gasteiger partial charge in [0.15, 0.2) is 0 Å². The standard InChI is InChI=1S/C20H23ClFN3O6/c1-11-9-25(17-8-15(27)16(10-26)31-17)20(30)24(19(11)29)6-2-5-23-18(28)13-4-3-12(22)7-14(13)21/h3-4,7,9,15-17,26-27H,2,5-6,8,10H2,1H3,(H,23,28)/t15-,16+,17+/m0/s1/i22-1. The first-order chi connectivity index (χ1) is 14.7. The summed E-state index contributed by atoms with van der Waals surface area (Å²) < 4.78 is 20.9. The summed E-state index contributed by atoms with van der Waals surface area (Å²) in [5.74, 6) is -1.05. The second-order valence-corrected chi connectivity index (χ2v) is 7.71. The highest BCUT2D eigenvalue weighted by Crippen LogP contribution is 2.27. The van der Waals surface area contributed by atoms with Gasteiger partial charge in [0.25, 0.3) is 11.5 Å². The molecule has 31 heavy (non-hydrogen) atoms. The molecule has 1 aromatic carbocycles. The van der Waals surface area contributed by atoms with E-state index in [0.717, 1.165) is 16.7 Å². The number of amides is 1. The molecule has 0 unspecified atom stereocenters. The molecule has 3 rings (SSSR count). The van der Waals surface area contributed by atoms with Crippen LogP contribution in [0.15, 0.2) is 34.0 Å². The number of aliphatic hydroxyl groups excluding tert-OH is 2. The van der Waals surface area contributed by atoms with Crippen molar-refractivity contribution < 1.29 is 24.1 Å². The fraction of sp³-hybridized carbons (Fsp3) is 0.450. The first-order valence-corrected chi connectivity index (χ1v) is 10.1. The van der Waals surface area contributed by atoms with Gasteiger partial charge < -0.3 is 20.3 Å². The topological polar surface area (TPSA) is 123 Å². The van der Waals surface area contributed by atoms with Crippen molar-refractivity contribution in [3.05, 3.63) is 67.2 Å². The van der Waals surface area contributed by atoms with Gasteiger partial charge in [0.05, 0.1) is 23.3 Å². The van der Waals surface area contributed by atoms with Gasteiger partial charge >= 0.3 is 5.69 Å². The minimum absolute atomic E-state index is 0.0183. The molecule has 11 heteroatoms. The molecule has 1 aliphatic rings. The lowest BCUT2D eigenvalue weighted by Gasteiger charge is -2.17. The number of carbonyl (C=O) groups is 1. The van der Waals surface area contributed by atoms with E-state index in [0.29, 0.717) is 5.56 Å². The maximum atomic E-state index is 13.1. The summed E-state index contributed by atoms with van der Waals surface area (Å²) >= 11 is 5.87. The Labute approximate surface area is 181 Å². The second kappa shape index (κ2) is 9.73. The Hall–Kier alpha value is -2.53. The van der Waals surface area contributed by atoms with Crippen LogP contribution in [-0.2, 0) is 11.3 Å². The van der Waals surface area contributed by atoms with E-state index in [1.54, 1.807) is 6.92 Å². The Morgan fingerprint density at radius 2 is 2.13 bits per heavy atom. The summed E-state index contributed by atoms with van der Waals surface area (Å²) in [5.41, 5.74) is -0.647. The fourth-order valence-corrected chi connectivity index (χ4v) is 3.67. The number of hydrogen-bond donors (Lipinski definition) is 3. The van der Waals surface area contributed by atoms with Crippen LogP contribution in [0.5, 0.6) is 0 Å². The number of benzene rings is 1. The lowest BCUT2D eigenvalue weighted by molar-refractivity contribution is -0.0464. The van der Waals surface area contributed by atoms with E-state index in [1.807, 2.05) is 0 Å². The summed E-state index contributed by atoms with van der Waals surface area (Å²) in [6, 6.07) is 3.43. The number of carbonyl (C=O) groups excluding carboxylic acids is 1. The maximum absolute atomic E-state index is 13.1. The summed E-state index contributed by atoms with van der Waals surface area (Å²) in [6.07, 6.45) is -0.766. The molecule has 168 valence electrons. The molecule has 0 spiro atoms. The molecule has 0 saturated carbocycles. The zero-order valence-electron chi connectivity index (χ0n) is 16.8. The quantitative estimate of drug-likeness (QED) is 0.526. The molecule has 2 heterocycles. The normalized spacial score (nSPS) is 20.7. The van der Waals surface area contributed by atoms with E-state index in [1.165, 1.54) is 16.8 Å². The number of rotatable bonds is 7. The van der Waals surface area contributed by atoms with E-state index < -0.39 is 41.4 Å². The third-order valence-electron chi connectivity index (χ3n) is 5.08. The Kier molecular flexibility index (Phi) is 7.26. The van der Waals surface area contributed by atoms with Crippen LogP contribution < -0.4 is 16.6 Å². The molecule has 0 bridgehead atoms. The number of hydrogen-bond acceptors (Lipinski definition) is 6. The zero-order chi connectivity index (χ0) is 22.7. The van der Waals surface area contributed by atoms with Crippen LogP contribution >= 0.6 is 11.6 Å². The number of aliphatic hydroxyl groups is 2. The van der Waals surface area contributed by atoms with E-state index >= 15 is 0 Å². The van der Waals surface area contributed by atoms with Crippen LogP contribution in [0.2, 0.25) is 5.02 Å². The predicted molar refractivity (Wildman–Crippen MR) is 110 cm³/mol. The van der Waals surface area contributed by atoms with Crippen LogP contribution in [0.25, 0.3) is 0 Å². The SMILES string of the molecule is Cc1cn([C@H]2C[C@H](O)[C@@H](CO)O2)c(=O)n(CCCNC(=O)c2ccc([18F])cc2Cl)c1=O. The summed E-state index contributed by atoms with van der Waals surface area (Å²) in [6.45, 7) is 1.36. The molecule has 2 aromatic rings. The molecular formula is C20H23ClFN3O6. The third-order valence-corrected chi connectivity index (χ3v) is 5.39. The van der Waals surface area contributed by atoms with Crippen LogP contribution in [0.1, 0.15) is 35.0 Å². The molecule has 1 aromatic heterocycles.